The Kier molecular flexibility index (Phi) is 5.75. The van der Waals surface area contributed by atoms with Crippen LogP contribution in [0.25, 0.3) is 11.3 Å². The van der Waals surface area contributed by atoms with Crippen molar-refractivity contribution in [1.82, 2.24) is 25.6 Å². The molecule has 2 amide bonds. The molecule has 3 heterocycles. The first-order valence-electron chi connectivity index (χ1n) is 10.2. The van der Waals surface area contributed by atoms with Crippen molar-refractivity contribution in [2.75, 3.05) is 26.7 Å². The molecule has 0 radical (unpaired) electrons. The van der Waals surface area contributed by atoms with Crippen molar-refractivity contribution in [3.8, 4) is 17.0 Å². The van der Waals surface area contributed by atoms with Gasteiger partial charge in [-0.3, -0.25) is 14.7 Å². The maximum absolute atomic E-state index is 12.7. The van der Waals surface area contributed by atoms with Gasteiger partial charge in [-0.15, -0.1) is 0 Å². The van der Waals surface area contributed by atoms with Crippen LogP contribution in [0.4, 0.5) is 0 Å². The van der Waals surface area contributed by atoms with Crippen LogP contribution in [0.3, 0.4) is 0 Å². The van der Waals surface area contributed by atoms with Gasteiger partial charge < -0.3 is 19.5 Å². The molecule has 9 heteroatoms. The summed E-state index contributed by atoms with van der Waals surface area (Å²) >= 11 is 0. The smallest absolute Gasteiger partial charge is 0.271 e. The predicted octanol–water partition coefficient (Wildman–Crippen LogP) is 2.12. The number of likely N-dealkylation sites (tertiary alicyclic amines) is 1. The second-order valence-corrected chi connectivity index (χ2v) is 7.62. The molecule has 9 nitrogen and oxygen atoms in total. The lowest BCUT2D eigenvalue weighted by atomic mass is 9.98. The number of rotatable bonds is 7. The average Bonchev–Trinajstić information content (AvgIpc) is 3.35. The van der Waals surface area contributed by atoms with Gasteiger partial charge in [-0.05, 0) is 38.5 Å². The van der Waals surface area contributed by atoms with Gasteiger partial charge in [0.1, 0.15) is 17.2 Å². The van der Waals surface area contributed by atoms with Crippen LogP contribution in [0, 0.1) is 19.8 Å². The van der Waals surface area contributed by atoms with E-state index in [1.165, 1.54) is 0 Å². The molecule has 1 aromatic carbocycles. The van der Waals surface area contributed by atoms with Crippen molar-refractivity contribution in [2.45, 2.75) is 20.3 Å². The molecule has 0 atom stereocenters. The maximum atomic E-state index is 12.7. The quantitative estimate of drug-likeness (QED) is 0.602. The van der Waals surface area contributed by atoms with Gasteiger partial charge in [0, 0.05) is 30.8 Å². The standard InChI is InChI=1S/C22H25N5O4/c1-13-16(14(2)31-26-13)8-9-23-21(28)15-11-27(12-15)22(29)19-10-18(24-25-19)17-6-4-5-7-20(17)30-3/h4-7,10,15H,8-9,11-12H2,1-3H3,(H,23,28)(H,24,25). The van der Waals surface area contributed by atoms with Crippen molar-refractivity contribution in [3.05, 3.63) is 53.0 Å². The molecule has 0 unspecified atom stereocenters. The summed E-state index contributed by atoms with van der Waals surface area (Å²) in [5.74, 6) is 1.04. The molecular formula is C22H25N5O4. The van der Waals surface area contributed by atoms with Gasteiger partial charge in [0.2, 0.25) is 5.91 Å². The number of nitrogens with zero attached hydrogens (tertiary/aromatic N) is 3. The van der Waals surface area contributed by atoms with Crippen molar-refractivity contribution in [3.63, 3.8) is 0 Å². The highest BCUT2D eigenvalue weighted by Gasteiger charge is 2.36. The lowest BCUT2D eigenvalue weighted by Gasteiger charge is -2.37. The van der Waals surface area contributed by atoms with E-state index >= 15 is 0 Å². The first-order valence-corrected chi connectivity index (χ1v) is 10.2. The molecule has 1 aliphatic rings. The topological polar surface area (TPSA) is 113 Å². The summed E-state index contributed by atoms with van der Waals surface area (Å²) in [5.41, 5.74) is 3.70. The first kappa shape index (κ1) is 20.6. The van der Waals surface area contributed by atoms with Gasteiger partial charge >= 0.3 is 0 Å². The SMILES string of the molecule is COc1ccccc1-c1cc(C(=O)N2CC(C(=O)NCCc3c(C)noc3C)C2)[nH]n1. The molecule has 0 saturated carbocycles. The number of benzene rings is 1. The van der Waals surface area contributed by atoms with Crippen LogP contribution >= 0.6 is 0 Å². The Morgan fingerprint density at radius 3 is 2.77 bits per heavy atom. The number of H-pyrrole nitrogens is 1. The molecular weight excluding hydrogens is 398 g/mol. The maximum Gasteiger partial charge on any atom is 0.271 e. The van der Waals surface area contributed by atoms with Crippen LogP contribution in [0.1, 0.15) is 27.5 Å². The molecule has 1 fully saturated rings. The third-order valence-electron chi connectivity index (χ3n) is 5.59. The summed E-state index contributed by atoms with van der Waals surface area (Å²) in [6, 6.07) is 9.20. The fourth-order valence-corrected chi connectivity index (χ4v) is 3.72. The zero-order valence-electron chi connectivity index (χ0n) is 17.8. The average molecular weight is 423 g/mol. The Labute approximate surface area is 179 Å². The minimum absolute atomic E-state index is 0.0462. The zero-order valence-corrected chi connectivity index (χ0v) is 17.8. The van der Waals surface area contributed by atoms with Crippen molar-refractivity contribution in [1.29, 1.82) is 0 Å². The first-order chi connectivity index (χ1) is 15.0. The van der Waals surface area contributed by atoms with Crippen LogP contribution in [-0.4, -0.2) is 58.8 Å². The van der Waals surface area contributed by atoms with E-state index in [9.17, 15) is 9.59 Å². The van der Waals surface area contributed by atoms with Crippen LogP contribution in [-0.2, 0) is 11.2 Å². The van der Waals surface area contributed by atoms with E-state index in [4.69, 9.17) is 9.26 Å². The number of nitrogens with one attached hydrogen (secondary N) is 2. The number of hydrogen-bond acceptors (Lipinski definition) is 6. The number of aryl methyl sites for hydroxylation is 2. The van der Waals surface area contributed by atoms with Crippen LogP contribution < -0.4 is 10.1 Å². The van der Waals surface area contributed by atoms with E-state index in [2.05, 4.69) is 20.7 Å². The lowest BCUT2D eigenvalue weighted by molar-refractivity contribution is -0.128. The third kappa shape index (κ3) is 4.16. The van der Waals surface area contributed by atoms with Gasteiger partial charge in [-0.2, -0.15) is 5.10 Å². The normalized spacial score (nSPS) is 13.7. The van der Waals surface area contributed by atoms with Gasteiger partial charge in [-0.25, -0.2) is 0 Å². The highest BCUT2D eigenvalue weighted by Crippen LogP contribution is 2.29. The third-order valence-corrected chi connectivity index (χ3v) is 5.59. The molecule has 3 aromatic rings. The van der Waals surface area contributed by atoms with Gasteiger partial charge in [-0.1, -0.05) is 17.3 Å². The van der Waals surface area contributed by atoms with Crippen LogP contribution in [0.5, 0.6) is 5.75 Å². The summed E-state index contributed by atoms with van der Waals surface area (Å²) in [5, 5.41) is 13.9. The van der Waals surface area contributed by atoms with Crippen LogP contribution in [0.2, 0.25) is 0 Å². The molecule has 4 rings (SSSR count). The molecule has 2 N–H and O–H groups in total. The second kappa shape index (κ2) is 8.63. The number of aromatic amines is 1. The van der Waals surface area contributed by atoms with E-state index in [0.29, 0.717) is 43.2 Å². The Morgan fingerprint density at radius 2 is 2.06 bits per heavy atom. The summed E-state index contributed by atoms with van der Waals surface area (Å²) in [4.78, 5) is 26.7. The fraction of sp³-hybridized carbons (Fsp3) is 0.364. The zero-order chi connectivity index (χ0) is 22.0. The van der Waals surface area contributed by atoms with E-state index in [0.717, 1.165) is 22.6 Å². The Hall–Kier alpha value is -3.62. The summed E-state index contributed by atoms with van der Waals surface area (Å²) < 4.78 is 10.5. The van der Waals surface area contributed by atoms with Gasteiger partial charge in [0.15, 0.2) is 0 Å². The van der Waals surface area contributed by atoms with Crippen LogP contribution in [0.15, 0.2) is 34.9 Å². The Balaban J connectivity index is 1.28. The van der Waals surface area contributed by atoms with Crippen molar-refractivity contribution in [2.24, 2.45) is 5.92 Å². The molecule has 1 aliphatic heterocycles. The molecule has 1 saturated heterocycles. The molecule has 0 aliphatic carbocycles. The predicted molar refractivity (Wildman–Crippen MR) is 113 cm³/mol. The van der Waals surface area contributed by atoms with E-state index in [1.807, 2.05) is 38.1 Å². The number of methoxy groups -OCH3 is 1. The summed E-state index contributed by atoms with van der Waals surface area (Å²) in [6.45, 7) is 5.03. The van der Waals surface area contributed by atoms with Gasteiger partial charge in [0.25, 0.3) is 5.91 Å². The largest absolute Gasteiger partial charge is 0.496 e. The Morgan fingerprint density at radius 1 is 1.29 bits per heavy atom. The van der Waals surface area contributed by atoms with E-state index < -0.39 is 0 Å². The van der Waals surface area contributed by atoms with Crippen molar-refractivity contribution >= 4 is 11.8 Å². The number of aromatic nitrogens is 3. The highest BCUT2D eigenvalue weighted by molar-refractivity contribution is 5.95. The summed E-state index contributed by atoms with van der Waals surface area (Å²) in [7, 11) is 1.59. The number of hydrogen-bond donors (Lipinski definition) is 2. The number of ether oxygens (including phenoxy) is 1. The number of carbonyl (C=O) groups excluding carboxylic acids is 2. The van der Waals surface area contributed by atoms with Crippen molar-refractivity contribution < 1.29 is 18.8 Å². The second-order valence-electron chi connectivity index (χ2n) is 7.62. The van der Waals surface area contributed by atoms with Gasteiger partial charge in [0.05, 0.1) is 24.4 Å². The number of carbonyl (C=O) groups is 2. The van der Waals surface area contributed by atoms with E-state index in [1.54, 1.807) is 18.1 Å². The highest BCUT2D eigenvalue weighted by atomic mass is 16.5. The minimum atomic E-state index is -0.203. The summed E-state index contributed by atoms with van der Waals surface area (Å²) in [6.07, 6.45) is 0.669. The molecule has 0 bridgehead atoms. The molecule has 2 aromatic heterocycles. The molecule has 0 spiro atoms. The molecule has 162 valence electrons. The Bertz CT molecular complexity index is 1080. The minimum Gasteiger partial charge on any atom is -0.496 e. The number of para-hydroxylation sites is 1. The number of amides is 2. The monoisotopic (exact) mass is 423 g/mol. The lowest BCUT2D eigenvalue weighted by Crippen LogP contribution is -2.56. The molecule has 31 heavy (non-hydrogen) atoms. The fourth-order valence-electron chi connectivity index (χ4n) is 3.72. The van der Waals surface area contributed by atoms with E-state index in [-0.39, 0.29) is 17.7 Å².